The number of hydrogen-bond donors (Lipinski definition) is 1. The first-order valence-corrected chi connectivity index (χ1v) is 16.4. The smallest absolute Gasteiger partial charge is 0.314 e. The van der Waals surface area contributed by atoms with E-state index in [0.717, 1.165) is 71.2 Å². The van der Waals surface area contributed by atoms with Crippen LogP contribution in [0.1, 0.15) is 80.6 Å². The summed E-state index contributed by atoms with van der Waals surface area (Å²) in [5.74, 6) is -0.697. The average Bonchev–Trinajstić information content (AvgIpc) is 3.67. The Hall–Kier alpha value is -3.90. The fourth-order valence-electron chi connectivity index (χ4n) is 6.76. The number of carbonyl (C=O) groups is 3. The number of pyridine rings is 1. The molecule has 44 heavy (non-hydrogen) atoms. The van der Waals surface area contributed by atoms with Crippen LogP contribution in [0.15, 0.2) is 36.8 Å². The molecular formula is C32H37N7O4S. The van der Waals surface area contributed by atoms with Gasteiger partial charge in [-0.15, -0.1) is 11.3 Å². The molecule has 1 N–H and O–H groups in total. The molecule has 0 bridgehead atoms. The monoisotopic (exact) mass is 615 g/mol. The summed E-state index contributed by atoms with van der Waals surface area (Å²) >= 11 is 1.64. The number of hydrogen-bond acceptors (Lipinski definition) is 8. The van der Waals surface area contributed by atoms with E-state index in [2.05, 4.69) is 40.5 Å². The molecule has 4 atom stereocenters. The highest BCUT2D eigenvalue weighted by Gasteiger charge is 2.35. The Bertz CT molecular complexity index is 1730. The van der Waals surface area contributed by atoms with Crippen molar-refractivity contribution in [3.05, 3.63) is 47.4 Å². The third-order valence-corrected chi connectivity index (χ3v) is 10.5. The molecule has 11 nitrogen and oxygen atoms in total. The molecule has 3 aliphatic heterocycles. The van der Waals surface area contributed by atoms with Crippen LogP contribution in [-0.4, -0.2) is 74.0 Å². The summed E-state index contributed by atoms with van der Waals surface area (Å²) in [7, 11) is 1.85. The molecule has 3 amide bonds. The van der Waals surface area contributed by atoms with Crippen molar-refractivity contribution >= 4 is 55.9 Å². The van der Waals surface area contributed by atoms with Gasteiger partial charge in [0.15, 0.2) is 6.23 Å². The van der Waals surface area contributed by atoms with Gasteiger partial charge in [0.05, 0.1) is 44.9 Å². The van der Waals surface area contributed by atoms with E-state index in [1.54, 1.807) is 44.4 Å². The van der Waals surface area contributed by atoms with Gasteiger partial charge in [-0.1, -0.05) is 13.0 Å². The maximum Gasteiger partial charge on any atom is 0.314 e. The maximum absolute atomic E-state index is 13.8. The molecule has 0 aliphatic carbocycles. The first-order valence-electron chi connectivity index (χ1n) is 15.5. The van der Waals surface area contributed by atoms with Crippen LogP contribution in [0, 0.1) is 5.92 Å². The van der Waals surface area contributed by atoms with Crippen molar-refractivity contribution in [3.63, 3.8) is 0 Å². The Labute approximate surface area is 259 Å². The highest BCUT2D eigenvalue weighted by Crippen LogP contribution is 2.38. The SMILES string of the molecule is C[C@H]1CC[C@H](c2ccc3sc(C4CCN(C)C(=O)C4)nc3c2)N(C(=O)C(=O)Nc2cncc3cnn(C4CCCCO4)c23)C1. The summed E-state index contributed by atoms with van der Waals surface area (Å²) in [6, 6.07) is 5.93. The van der Waals surface area contributed by atoms with Gasteiger partial charge in [-0.05, 0) is 62.1 Å². The van der Waals surface area contributed by atoms with E-state index < -0.39 is 11.8 Å². The van der Waals surface area contributed by atoms with E-state index in [4.69, 9.17) is 9.72 Å². The number of rotatable bonds is 4. The predicted octanol–water partition coefficient (Wildman–Crippen LogP) is 5.01. The number of piperidine rings is 2. The van der Waals surface area contributed by atoms with Gasteiger partial charge in [-0.25, -0.2) is 9.67 Å². The minimum absolute atomic E-state index is 0.136. The van der Waals surface area contributed by atoms with Crippen molar-refractivity contribution in [1.82, 2.24) is 29.5 Å². The average molecular weight is 616 g/mol. The number of ether oxygens (including phenoxy) is 1. The number of thiazole rings is 1. The summed E-state index contributed by atoms with van der Waals surface area (Å²) in [4.78, 5) is 52.4. The molecule has 4 aromatic rings. The van der Waals surface area contributed by atoms with Gasteiger partial charge in [0.2, 0.25) is 5.91 Å². The number of nitrogens with zero attached hydrogens (tertiary/aromatic N) is 6. The fourth-order valence-corrected chi connectivity index (χ4v) is 7.84. The van der Waals surface area contributed by atoms with Crippen molar-refractivity contribution in [1.29, 1.82) is 0 Å². The number of likely N-dealkylation sites (tertiary alicyclic amines) is 2. The molecule has 2 unspecified atom stereocenters. The third-order valence-electron chi connectivity index (χ3n) is 9.27. The Morgan fingerprint density at radius 1 is 1.09 bits per heavy atom. The minimum Gasteiger partial charge on any atom is -0.356 e. The molecule has 0 radical (unpaired) electrons. The summed E-state index contributed by atoms with van der Waals surface area (Å²) in [5, 5.41) is 9.15. The fraction of sp³-hybridized carbons (Fsp3) is 0.500. The van der Waals surface area contributed by atoms with E-state index in [9.17, 15) is 14.4 Å². The van der Waals surface area contributed by atoms with Crippen LogP contribution in [-0.2, 0) is 19.1 Å². The van der Waals surface area contributed by atoms with Gasteiger partial charge in [0.1, 0.15) is 0 Å². The van der Waals surface area contributed by atoms with Gasteiger partial charge in [-0.2, -0.15) is 5.10 Å². The van der Waals surface area contributed by atoms with Gasteiger partial charge < -0.3 is 19.9 Å². The van der Waals surface area contributed by atoms with Gasteiger partial charge in [-0.3, -0.25) is 19.4 Å². The first-order chi connectivity index (χ1) is 21.4. The second-order valence-corrected chi connectivity index (χ2v) is 13.5. The molecule has 230 valence electrons. The molecule has 0 saturated carbocycles. The molecule has 0 spiro atoms. The second-order valence-electron chi connectivity index (χ2n) is 12.4. The van der Waals surface area contributed by atoms with E-state index in [0.29, 0.717) is 30.8 Å². The third kappa shape index (κ3) is 5.45. The van der Waals surface area contributed by atoms with Crippen LogP contribution in [0.5, 0.6) is 0 Å². The highest BCUT2D eigenvalue weighted by molar-refractivity contribution is 7.18. The molecule has 12 heteroatoms. The molecule has 3 fully saturated rings. The van der Waals surface area contributed by atoms with Crippen LogP contribution in [0.2, 0.25) is 0 Å². The van der Waals surface area contributed by atoms with Gasteiger partial charge in [0, 0.05) is 50.7 Å². The summed E-state index contributed by atoms with van der Waals surface area (Å²) < 4.78 is 8.81. The Morgan fingerprint density at radius 3 is 2.80 bits per heavy atom. The normalized spacial score (nSPS) is 24.6. The van der Waals surface area contributed by atoms with Crippen molar-refractivity contribution < 1.29 is 19.1 Å². The van der Waals surface area contributed by atoms with E-state index in [1.807, 2.05) is 7.05 Å². The summed E-state index contributed by atoms with van der Waals surface area (Å²) in [5.41, 5.74) is 2.99. The molecule has 3 saturated heterocycles. The predicted molar refractivity (Wildman–Crippen MR) is 167 cm³/mol. The zero-order chi connectivity index (χ0) is 30.4. The maximum atomic E-state index is 13.8. The lowest BCUT2D eigenvalue weighted by Gasteiger charge is -2.38. The van der Waals surface area contributed by atoms with Gasteiger partial charge in [0.25, 0.3) is 0 Å². The molecular weight excluding hydrogens is 578 g/mol. The van der Waals surface area contributed by atoms with Crippen molar-refractivity contribution in [2.24, 2.45) is 5.92 Å². The number of anilines is 1. The zero-order valence-electron chi connectivity index (χ0n) is 25.1. The highest BCUT2D eigenvalue weighted by atomic mass is 32.1. The minimum atomic E-state index is -0.695. The standard InChI is InChI=1S/C32H37N7O4S/c1-19-6-8-25(20-7-9-26-23(13-20)36-31(44-26)21-10-11-37(2)27(40)14-21)38(18-19)32(42)30(41)35-24-17-33-15-22-16-34-39(29(22)24)28-5-3-4-12-43-28/h7,9,13,15-17,19,21,25,28H,3-6,8,10-12,14,18H2,1-2H3,(H,35,41)/t19-,21?,25+,28?/m0/s1. The number of carbonyl (C=O) groups excluding carboxylic acids is 3. The molecule has 7 rings (SSSR count). The lowest BCUT2D eigenvalue weighted by Crippen LogP contribution is -2.46. The molecule has 6 heterocycles. The Morgan fingerprint density at radius 2 is 1.98 bits per heavy atom. The largest absolute Gasteiger partial charge is 0.356 e. The number of benzene rings is 1. The van der Waals surface area contributed by atoms with Crippen LogP contribution < -0.4 is 5.32 Å². The lowest BCUT2D eigenvalue weighted by atomic mass is 9.89. The quantitative estimate of drug-likeness (QED) is 0.320. The molecule has 1 aromatic carbocycles. The topological polar surface area (TPSA) is 123 Å². The van der Waals surface area contributed by atoms with Crippen LogP contribution in [0.4, 0.5) is 5.69 Å². The number of nitrogens with one attached hydrogen (secondary N) is 1. The van der Waals surface area contributed by atoms with Crippen molar-refractivity contribution in [2.75, 3.05) is 32.1 Å². The molecule has 3 aromatic heterocycles. The Kier molecular flexibility index (Phi) is 7.79. The number of amides is 3. The van der Waals surface area contributed by atoms with E-state index >= 15 is 0 Å². The van der Waals surface area contributed by atoms with Gasteiger partial charge >= 0.3 is 11.8 Å². The first kappa shape index (κ1) is 28.8. The summed E-state index contributed by atoms with van der Waals surface area (Å²) in [6.45, 7) is 4.01. The van der Waals surface area contributed by atoms with Crippen molar-refractivity contribution in [3.8, 4) is 0 Å². The Balaban J connectivity index is 1.13. The molecule has 3 aliphatic rings. The zero-order valence-corrected chi connectivity index (χ0v) is 25.9. The summed E-state index contributed by atoms with van der Waals surface area (Å²) in [6.07, 6.45) is 10.8. The number of aromatic nitrogens is 4. The number of fused-ring (bicyclic) bond motifs is 2. The lowest BCUT2D eigenvalue weighted by molar-refractivity contribution is -0.146. The van der Waals surface area contributed by atoms with Crippen molar-refractivity contribution in [2.45, 2.75) is 70.1 Å². The second kappa shape index (κ2) is 11.9. The van der Waals surface area contributed by atoms with Crippen LogP contribution >= 0.6 is 11.3 Å². The van der Waals surface area contributed by atoms with Crippen LogP contribution in [0.3, 0.4) is 0 Å². The van der Waals surface area contributed by atoms with Crippen LogP contribution in [0.25, 0.3) is 21.1 Å². The van der Waals surface area contributed by atoms with E-state index in [1.165, 1.54) is 0 Å². The van der Waals surface area contributed by atoms with E-state index in [-0.39, 0.29) is 30.0 Å².